The van der Waals surface area contributed by atoms with Gasteiger partial charge >= 0.3 is 0 Å². The highest BCUT2D eigenvalue weighted by molar-refractivity contribution is 6.35. The van der Waals surface area contributed by atoms with Crippen LogP contribution in [0.5, 0.6) is 0 Å². The van der Waals surface area contributed by atoms with Crippen molar-refractivity contribution in [2.24, 2.45) is 0 Å². The molecule has 5 heteroatoms. The molecule has 0 spiro atoms. The molecule has 1 fully saturated rings. The summed E-state index contributed by atoms with van der Waals surface area (Å²) >= 11 is 6.14. The molecule has 0 bridgehead atoms. The smallest absolute Gasteiger partial charge is 0.138 e. The van der Waals surface area contributed by atoms with E-state index < -0.39 is 0 Å². The highest BCUT2D eigenvalue weighted by Gasteiger charge is 2.17. The highest BCUT2D eigenvalue weighted by Crippen LogP contribution is 2.29. The van der Waals surface area contributed by atoms with E-state index in [9.17, 15) is 0 Å². The molecule has 2 aromatic heterocycles. The summed E-state index contributed by atoms with van der Waals surface area (Å²) in [6, 6.07) is 3.99. The van der Waals surface area contributed by atoms with E-state index in [1.807, 2.05) is 6.07 Å². The van der Waals surface area contributed by atoms with Crippen LogP contribution in [0.25, 0.3) is 11.0 Å². The molecule has 2 aromatic rings. The van der Waals surface area contributed by atoms with Crippen LogP contribution in [0.1, 0.15) is 24.5 Å². The molecule has 3 heterocycles. The first-order chi connectivity index (χ1) is 7.84. The molecule has 1 aliphatic rings. The van der Waals surface area contributed by atoms with E-state index in [1.54, 1.807) is 6.20 Å². The zero-order valence-electron chi connectivity index (χ0n) is 9.37. The van der Waals surface area contributed by atoms with Crippen molar-refractivity contribution < 1.29 is 0 Å². The van der Waals surface area contributed by atoms with Gasteiger partial charge < -0.3 is 10.3 Å². The third kappa shape index (κ3) is 2.41. The van der Waals surface area contributed by atoms with Gasteiger partial charge in [0.2, 0.25) is 0 Å². The van der Waals surface area contributed by atoms with Crippen LogP contribution in [0, 0.1) is 0 Å². The van der Waals surface area contributed by atoms with Crippen LogP contribution in [-0.2, 0) is 0 Å². The Morgan fingerprint density at radius 2 is 2.06 bits per heavy atom. The van der Waals surface area contributed by atoms with Crippen LogP contribution >= 0.6 is 24.0 Å². The second-order valence-electron chi connectivity index (χ2n) is 4.30. The normalized spacial score (nSPS) is 17.0. The Morgan fingerprint density at radius 1 is 1.29 bits per heavy atom. The minimum atomic E-state index is 0. The average molecular weight is 272 g/mol. The number of halogens is 2. The summed E-state index contributed by atoms with van der Waals surface area (Å²) in [5, 5.41) is 5.19. The van der Waals surface area contributed by atoms with Gasteiger partial charge in [0.1, 0.15) is 5.65 Å². The predicted molar refractivity (Wildman–Crippen MR) is 73.2 cm³/mol. The third-order valence-corrected chi connectivity index (χ3v) is 3.61. The summed E-state index contributed by atoms with van der Waals surface area (Å²) in [7, 11) is 0. The van der Waals surface area contributed by atoms with Gasteiger partial charge in [-0.15, -0.1) is 12.4 Å². The van der Waals surface area contributed by atoms with Crippen molar-refractivity contribution in [2.45, 2.75) is 18.8 Å². The molecular formula is C12H15Cl2N3. The fourth-order valence-corrected chi connectivity index (χ4v) is 2.57. The molecule has 3 nitrogen and oxygen atoms in total. The Morgan fingerprint density at radius 3 is 2.76 bits per heavy atom. The Bertz CT molecular complexity index is 503. The predicted octanol–water partition coefficient (Wildman–Crippen LogP) is 3.11. The average Bonchev–Trinajstić information content (AvgIpc) is 2.76. The van der Waals surface area contributed by atoms with E-state index in [1.165, 1.54) is 18.5 Å². The van der Waals surface area contributed by atoms with Crippen molar-refractivity contribution in [3.63, 3.8) is 0 Å². The number of piperidine rings is 1. The minimum Gasteiger partial charge on any atom is -0.343 e. The van der Waals surface area contributed by atoms with Gasteiger partial charge in [0.15, 0.2) is 0 Å². The zero-order chi connectivity index (χ0) is 11.0. The monoisotopic (exact) mass is 271 g/mol. The van der Waals surface area contributed by atoms with Gasteiger partial charge in [-0.3, -0.25) is 0 Å². The van der Waals surface area contributed by atoms with Gasteiger partial charge in [0, 0.05) is 23.2 Å². The molecule has 1 saturated heterocycles. The molecule has 0 saturated carbocycles. The van der Waals surface area contributed by atoms with Crippen molar-refractivity contribution in [3.8, 4) is 0 Å². The van der Waals surface area contributed by atoms with E-state index in [2.05, 4.69) is 21.4 Å². The van der Waals surface area contributed by atoms with Gasteiger partial charge in [0.05, 0.1) is 5.02 Å². The minimum absolute atomic E-state index is 0. The Labute approximate surface area is 111 Å². The summed E-state index contributed by atoms with van der Waals surface area (Å²) in [5.74, 6) is 0.617. The molecule has 92 valence electrons. The van der Waals surface area contributed by atoms with Gasteiger partial charge in [-0.25, -0.2) is 4.98 Å². The third-order valence-electron chi connectivity index (χ3n) is 3.28. The number of nitrogens with one attached hydrogen (secondary N) is 2. The SMILES string of the molecule is Cl.Clc1ccnc2[nH]c(C3CCNCC3)cc12. The van der Waals surface area contributed by atoms with Crippen LogP contribution in [0.2, 0.25) is 5.02 Å². The first-order valence-corrected chi connectivity index (χ1v) is 6.06. The molecule has 0 aliphatic carbocycles. The second-order valence-corrected chi connectivity index (χ2v) is 4.71. The summed E-state index contributed by atoms with van der Waals surface area (Å²) in [6.45, 7) is 2.20. The molecule has 1 aliphatic heterocycles. The molecule has 17 heavy (non-hydrogen) atoms. The Balaban J connectivity index is 0.00000108. The maximum atomic E-state index is 6.14. The lowest BCUT2D eigenvalue weighted by Crippen LogP contribution is -2.26. The summed E-state index contributed by atoms with van der Waals surface area (Å²) < 4.78 is 0. The lowest BCUT2D eigenvalue weighted by atomic mass is 9.95. The van der Waals surface area contributed by atoms with E-state index in [0.717, 1.165) is 29.1 Å². The molecule has 0 aromatic carbocycles. The lowest BCUT2D eigenvalue weighted by Gasteiger charge is -2.21. The Hall–Kier alpha value is -0.770. The van der Waals surface area contributed by atoms with Crippen molar-refractivity contribution in [2.75, 3.05) is 13.1 Å². The molecule has 0 radical (unpaired) electrons. The van der Waals surface area contributed by atoms with E-state index in [0.29, 0.717) is 5.92 Å². The number of hydrogen-bond acceptors (Lipinski definition) is 2. The number of H-pyrrole nitrogens is 1. The maximum Gasteiger partial charge on any atom is 0.138 e. The number of rotatable bonds is 1. The fraction of sp³-hybridized carbons (Fsp3) is 0.417. The van der Waals surface area contributed by atoms with E-state index >= 15 is 0 Å². The number of fused-ring (bicyclic) bond motifs is 1. The van der Waals surface area contributed by atoms with Crippen LogP contribution in [0.3, 0.4) is 0 Å². The van der Waals surface area contributed by atoms with Crippen LogP contribution < -0.4 is 5.32 Å². The molecule has 0 amide bonds. The molecular weight excluding hydrogens is 257 g/mol. The van der Waals surface area contributed by atoms with Crippen molar-refractivity contribution >= 4 is 35.0 Å². The molecule has 0 unspecified atom stereocenters. The topological polar surface area (TPSA) is 40.7 Å². The van der Waals surface area contributed by atoms with E-state index in [4.69, 9.17) is 11.6 Å². The van der Waals surface area contributed by atoms with Gasteiger partial charge in [-0.2, -0.15) is 0 Å². The van der Waals surface area contributed by atoms with Crippen molar-refractivity contribution in [1.29, 1.82) is 0 Å². The van der Waals surface area contributed by atoms with Gasteiger partial charge in [-0.1, -0.05) is 11.6 Å². The maximum absolute atomic E-state index is 6.14. The molecule has 0 atom stereocenters. The summed E-state index contributed by atoms with van der Waals surface area (Å²) in [5.41, 5.74) is 2.18. The number of nitrogens with zero attached hydrogens (tertiary/aromatic N) is 1. The largest absolute Gasteiger partial charge is 0.343 e. The summed E-state index contributed by atoms with van der Waals surface area (Å²) in [4.78, 5) is 7.68. The molecule has 2 N–H and O–H groups in total. The van der Waals surface area contributed by atoms with Gasteiger partial charge in [0.25, 0.3) is 0 Å². The quantitative estimate of drug-likeness (QED) is 0.837. The number of aromatic nitrogens is 2. The van der Waals surface area contributed by atoms with Crippen LogP contribution in [-0.4, -0.2) is 23.1 Å². The fourth-order valence-electron chi connectivity index (χ4n) is 2.37. The standard InChI is InChI=1S/C12H14ClN3.ClH/c13-10-3-6-15-12-9(10)7-11(16-12)8-1-4-14-5-2-8;/h3,6-8,14H,1-2,4-5H2,(H,15,16);1H. The van der Waals surface area contributed by atoms with E-state index in [-0.39, 0.29) is 12.4 Å². The molecule has 3 rings (SSSR count). The first kappa shape index (κ1) is 12.7. The van der Waals surface area contributed by atoms with Crippen molar-refractivity contribution in [1.82, 2.24) is 15.3 Å². The second kappa shape index (κ2) is 5.25. The lowest BCUT2D eigenvalue weighted by molar-refractivity contribution is 0.455. The van der Waals surface area contributed by atoms with Crippen LogP contribution in [0.15, 0.2) is 18.3 Å². The number of pyridine rings is 1. The van der Waals surface area contributed by atoms with Gasteiger partial charge in [-0.05, 0) is 38.1 Å². The number of aromatic amines is 1. The zero-order valence-corrected chi connectivity index (χ0v) is 10.9. The highest BCUT2D eigenvalue weighted by atomic mass is 35.5. The van der Waals surface area contributed by atoms with Crippen LogP contribution in [0.4, 0.5) is 0 Å². The Kier molecular flexibility index (Phi) is 3.92. The van der Waals surface area contributed by atoms with Crippen molar-refractivity contribution in [3.05, 3.63) is 29.0 Å². The summed E-state index contributed by atoms with van der Waals surface area (Å²) in [6.07, 6.45) is 4.11. The number of hydrogen-bond donors (Lipinski definition) is 2. The first-order valence-electron chi connectivity index (χ1n) is 5.68.